The Morgan fingerprint density at radius 1 is 1.24 bits per heavy atom. The van der Waals surface area contributed by atoms with E-state index in [2.05, 4.69) is 60.3 Å². The third-order valence-corrected chi connectivity index (χ3v) is 5.13. The average molecular weight is 385 g/mol. The fourth-order valence-corrected chi connectivity index (χ4v) is 3.27. The number of halogens is 2. The second-order valence-electron chi connectivity index (χ2n) is 4.69. The van der Waals surface area contributed by atoms with Crippen LogP contribution in [0, 0.1) is 9.49 Å². The van der Waals surface area contributed by atoms with Gasteiger partial charge in [-0.05, 0) is 40.2 Å². The first kappa shape index (κ1) is 15.5. The summed E-state index contributed by atoms with van der Waals surface area (Å²) < 4.78 is 0.983. The lowest BCUT2D eigenvalue weighted by Crippen LogP contribution is -2.05. The number of nitrogens with zero attached hydrogens (tertiary/aromatic N) is 2. The Kier molecular flexibility index (Phi) is 6.51. The van der Waals surface area contributed by atoms with E-state index in [0.29, 0.717) is 17.0 Å². The molecular weight excluding hydrogens is 367 g/mol. The maximum atomic E-state index is 6.14. The number of hydrogen-bond donors (Lipinski definition) is 0. The summed E-state index contributed by atoms with van der Waals surface area (Å²) >= 11 is 10.2. The fourth-order valence-electron chi connectivity index (χ4n) is 1.31. The summed E-state index contributed by atoms with van der Waals surface area (Å²) in [6.07, 6.45) is 0. The highest BCUT2D eigenvalue weighted by Crippen LogP contribution is 2.26. The molecule has 1 rings (SSSR count). The molecule has 0 amide bonds. The molecule has 17 heavy (non-hydrogen) atoms. The topological polar surface area (TPSA) is 25.8 Å². The maximum Gasteiger partial charge on any atom is 0.146 e. The zero-order valence-electron chi connectivity index (χ0n) is 10.6. The van der Waals surface area contributed by atoms with Crippen molar-refractivity contribution in [2.75, 3.05) is 5.75 Å². The molecule has 0 aliphatic rings. The standard InChI is InChI=1S/C12H18ClIN2S/c1-7(2)5-17-6-9-15-11(8(3)4)10(14)12(13)16-9/h7-8H,5-6H2,1-4H3. The molecule has 0 radical (unpaired) electrons. The molecule has 2 nitrogen and oxygen atoms in total. The van der Waals surface area contributed by atoms with Gasteiger partial charge < -0.3 is 0 Å². The largest absolute Gasteiger partial charge is 0.236 e. The van der Waals surface area contributed by atoms with Crippen molar-refractivity contribution in [2.45, 2.75) is 39.4 Å². The second-order valence-corrected chi connectivity index (χ2v) is 7.16. The van der Waals surface area contributed by atoms with E-state index in [4.69, 9.17) is 11.6 Å². The molecule has 96 valence electrons. The van der Waals surface area contributed by atoms with E-state index in [-0.39, 0.29) is 0 Å². The third kappa shape index (κ3) is 4.91. The molecule has 1 heterocycles. The van der Waals surface area contributed by atoms with Gasteiger partial charge in [0.15, 0.2) is 0 Å². The monoisotopic (exact) mass is 384 g/mol. The summed E-state index contributed by atoms with van der Waals surface area (Å²) in [4.78, 5) is 8.94. The van der Waals surface area contributed by atoms with E-state index in [9.17, 15) is 0 Å². The van der Waals surface area contributed by atoms with E-state index in [1.807, 2.05) is 11.8 Å². The van der Waals surface area contributed by atoms with E-state index >= 15 is 0 Å². The van der Waals surface area contributed by atoms with Crippen LogP contribution in [-0.2, 0) is 5.75 Å². The van der Waals surface area contributed by atoms with Crippen LogP contribution >= 0.6 is 46.0 Å². The summed E-state index contributed by atoms with van der Waals surface area (Å²) in [6, 6.07) is 0. The van der Waals surface area contributed by atoms with Gasteiger partial charge in [-0.15, -0.1) is 0 Å². The molecule has 0 unspecified atom stereocenters. The van der Waals surface area contributed by atoms with Crippen LogP contribution in [0.5, 0.6) is 0 Å². The van der Waals surface area contributed by atoms with E-state index in [1.54, 1.807) is 0 Å². The maximum absolute atomic E-state index is 6.14. The van der Waals surface area contributed by atoms with Crippen LogP contribution in [-0.4, -0.2) is 15.7 Å². The van der Waals surface area contributed by atoms with Crippen molar-refractivity contribution in [3.63, 3.8) is 0 Å². The summed E-state index contributed by atoms with van der Waals surface area (Å²) in [5.74, 6) is 3.91. The van der Waals surface area contributed by atoms with E-state index in [1.165, 1.54) is 0 Å². The third-order valence-electron chi connectivity index (χ3n) is 2.11. The number of thioether (sulfide) groups is 1. The molecule has 0 saturated carbocycles. The summed E-state index contributed by atoms with van der Waals surface area (Å²) in [6.45, 7) is 8.69. The summed E-state index contributed by atoms with van der Waals surface area (Å²) in [7, 11) is 0. The molecule has 0 fully saturated rings. The van der Waals surface area contributed by atoms with Crippen molar-refractivity contribution >= 4 is 46.0 Å². The van der Waals surface area contributed by atoms with Gasteiger partial charge >= 0.3 is 0 Å². The zero-order chi connectivity index (χ0) is 13.0. The van der Waals surface area contributed by atoms with Crippen molar-refractivity contribution in [3.05, 3.63) is 20.2 Å². The number of rotatable bonds is 5. The van der Waals surface area contributed by atoms with Gasteiger partial charge in [-0.1, -0.05) is 39.3 Å². The molecule has 1 aromatic rings. The van der Waals surface area contributed by atoms with Crippen molar-refractivity contribution in [1.82, 2.24) is 9.97 Å². The summed E-state index contributed by atoms with van der Waals surface area (Å²) in [5.41, 5.74) is 1.06. The lowest BCUT2D eigenvalue weighted by Gasteiger charge is -2.11. The Morgan fingerprint density at radius 3 is 2.41 bits per heavy atom. The van der Waals surface area contributed by atoms with Gasteiger partial charge in [0.25, 0.3) is 0 Å². The van der Waals surface area contributed by atoms with Gasteiger partial charge in [0.2, 0.25) is 0 Å². The molecule has 0 aliphatic heterocycles. The highest BCUT2D eigenvalue weighted by atomic mass is 127. The average Bonchev–Trinajstić information content (AvgIpc) is 2.22. The van der Waals surface area contributed by atoms with Crippen LogP contribution in [0.4, 0.5) is 0 Å². The number of hydrogen-bond acceptors (Lipinski definition) is 3. The van der Waals surface area contributed by atoms with Crippen LogP contribution in [0.15, 0.2) is 0 Å². The Hall–Kier alpha value is 0.450. The fraction of sp³-hybridized carbons (Fsp3) is 0.667. The van der Waals surface area contributed by atoms with Gasteiger partial charge in [-0.25, -0.2) is 9.97 Å². The minimum atomic E-state index is 0.385. The lowest BCUT2D eigenvalue weighted by atomic mass is 10.1. The van der Waals surface area contributed by atoms with Gasteiger partial charge in [0, 0.05) is 0 Å². The Balaban J connectivity index is 2.80. The van der Waals surface area contributed by atoms with Gasteiger partial charge in [0.1, 0.15) is 11.0 Å². The Morgan fingerprint density at radius 2 is 1.88 bits per heavy atom. The molecule has 0 bridgehead atoms. The van der Waals surface area contributed by atoms with Gasteiger partial charge in [0.05, 0.1) is 15.0 Å². The first-order chi connectivity index (χ1) is 7.91. The van der Waals surface area contributed by atoms with Crippen molar-refractivity contribution in [1.29, 1.82) is 0 Å². The molecule has 0 aromatic carbocycles. The van der Waals surface area contributed by atoms with Crippen LogP contribution in [0.3, 0.4) is 0 Å². The molecule has 5 heteroatoms. The predicted molar refractivity (Wildman–Crippen MR) is 84.8 cm³/mol. The van der Waals surface area contributed by atoms with Crippen LogP contribution in [0.2, 0.25) is 5.15 Å². The molecule has 0 aliphatic carbocycles. The SMILES string of the molecule is CC(C)CSCc1nc(Cl)c(I)c(C(C)C)n1. The highest BCUT2D eigenvalue weighted by Gasteiger charge is 2.13. The molecule has 0 spiro atoms. The quantitative estimate of drug-likeness (QED) is 0.541. The molecular formula is C12H18ClIN2S. The predicted octanol–water partition coefficient (Wildman–Crippen LogP) is 4.75. The molecule has 1 aromatic heterocycles. The first-order valence-corrected chi connectivity index (χ1v) is 8.32. The van der Waals surface area contributed by atoms with Gasteiger partial charge in [-0.3, -0.25) is 0 Å². The van der Waals surface area contributed by atoms with E-state index < -0.39 is 0 Å². The zero-order valence-corrected chi connectivity index (χ0v) is 14.4. The van der Waals surface area contributed by atoms with E-state index in [0.717, 1.165) is 26.6 Å². The lowest BCUT2D eigenvalue weighted by molar-refractivity contribution is 0.749. The Bertz CT molecular complexity index is 383. The second kappa shape index (κ2) is 7.14. The van der Waals surface area contributed by atoms with Crippen molar-refractivity contribution in [3.8, 4) is 0 Å². The smallest absolute Gasteiger partial charge is 0.146 e. The molecule has 0 N–H and O–H groups in total. The van der Waals surface area contributed by atoms with Crippen molar-refractivity contribution < 1.29 is 0 Å². The molecule has 0 atom stereocenters. The minimum absolute atomic E-state index is 0.385. The first-order valence-electron chi connectivity index (χ1n) is 5.71. The summed E-state index contributed by atoms with van der Waals surface area (Å²) in [5, 5.41) is 0.587. The van der Waals surface area contributed by atoms with Gasteiger partial charge in [-0.2, -0.15) is 11.8 Å². The number of aromatic nitrogens is 2. The van der Waals surface area contributed by atoms with Crippen molar-refractivity contribution in [2.24, 2.45) is 5.92 Å². The van der Waals surface area contributed by atoms with Crippen LogP contribution in [0.1, 0.15) is 45.1 Å². The highest BCUT2D eigenvalue weighted by molar-refractivity contribution is 14.1. The van der Waals surface area contributed by atoms with Crippen LogP contribution < -0.4 is 0 Å². The Labute approximate surface area is 126 Å². The van der Waals surface area contributed by atoms with Crippen LogP contribution in [0.25, 0.3) is 0 Å². The normalized spacial score (nSPS) is 11.5. The molecule has 0 saturated heterocycles. The minimum Gasteiger partial charge on any atom is -0.236 e.